The lowest BCUT2D eigenvalue weighted by atomic mass is 10.1. The average Bonchev–Trinajstić information content (AvgIpc) is 2.34. The Morgan fingerprint density at radius 1 is 1.35 bits per heavy atom. The van der Waals surface area contributed by atoms with Crippen molar-refractivity contribution in [3.05, 3.63) is 29.3 Å². The third-order valence-electron chi connectivity index (χ3n) is 2.67. The van der Waals surface area contributed by atoms with Gasteiger partial charge in [-0.15, -0.1) is 11.8 Å². The minimum atomic E-state index is -0.845. The lowest BCUT2D eigenvalue weighted by Gasteiger charge is -2.25. The Kier molecular flexibility index (Phi) is 6.86. The van der Waals surface area contributed by atoms with Crippen molar-refractivity contribution in [3.8, 4) is 0 Å². The van der Waals surface area contributed by atoms with Crippen LogP contribution in [0.2, 0.25) is 5.02 Å². The Bertz CT molecular complexity index is 428. The summed E-state index contributed by atoms with van der Waals surface area (Å²) >= 11 is 7.54. The van der Waals surface area contributed by atoms with Crippen LogP contribution in [0.25, 0.3) is 0 Å². The van der Waals surface area contributed by atoms with Crippen molar-refractivity contribution in [2.45, 2.75) is 37.2 Å². The van der Waals surface area contributed by atoms with Gasteiger partial charge in [-0.3, -0.25) is 4.79 Å². The van der Waals surface area contributed by atoms with Gasteiger partial charge in [0.05, 0.1) is 5.60 Å². The van der Waals surface area contributed by atoms with Crippen LogP contribution in [0.3, 0.4) is 0 Å². The molecule has 0 heterocycles. The molecule has 0 bridgehead atoms. The molecule has 112 valence electrons. The summed E-state index contributed by atoms with van der Waals surface area (Å²) in [5.41, 5.74) is -0.845. The summed E-state index contributed by atoms with van der Waals surface area (Å²) in [6.07, 6.45) is 1.33. The smallest absolute Gasteiger partial charge is 0.222 e. The van der Waals surface area contributed by atoms with Crippen molar-refractivity contribution < 1.29 is 9.90 Å². The molecule has 1 amide bonds. The van der Waals surface area contributed by atoms with E-state index >= 15 is 0 Å². The van der Waals surface area contributed by atoms with E-state index in [1.54, 1.807) is 37.6 Å². The Balaban J connectivity index is 2.23. The summed E-state index contributed by atoms with van der Waals surface area (Å²) in [6, 6.07) is 7.70. The van der Waals surface area contributed by atoms with E-state index in [0.29, 0.717) is 13.0 Å². The molecule has 0 aliphatic heterocycles. The lowest BCUT2D eigenvalue weighted by Crippen LogP contribution is -2.39. The maximum absolute atomic E-state index is 11.9. The van der Waals surface area contributed by atoms with Gasteiger partial charge in [0.15, 0.2) is 0 Å². The standard InChI is InChI=1S/C15H22ClNO2S/c1-15(2,19)11-17(3)14(18)5-4-10-20-13-8-6-12(16)7-9-13/h6-9,19H,4-5,10-11H2,1-3H3. The number of thioether (sulfide) groups is 1. The minimum Gasteiger partial charge on any atom is -0.389 e. The highest BCUT2D eigenvalue weighted by Gasteiger charge is 2.18. The van der Waals surface area contributed by atoms with Gasteiger partial charge in [0, 0.05) is 29.9 Å². The van der Waals surface area contributed by atoms with Gasteiger partial charge in [0.2, 0.25) is 5.91 Å². The number of carbonyl (C=O) groups is 1. The summed E-state index contributed by atoms with van der Waals surface area (Å²) in [7, 11) is 1.73. The molecular weight excluding hydrogens is 294 g/mol. The highest BCUT2D eigenvalue weighted by atomic mass is 35.5. The van der Waals surface area contributed by atoms with Crippen molar-refractivity contribution in [2.24, 2.45) is 0 Å². The van der Waals surface area contributed by atoms with E-state index in [1.165, 1.54) is 0 Å². The van der Waals surface area contributed by atoms with Gasteiger partial charge in [0.1, 0.15) is 0 Å². The minimum absolute atomic E-state index is 0.0730. The summed E-state index contributed by atoms with van der Waals surface area (Å²) in [5.74, 6) is 0.966. The van der Waals surface area contributed by atoms with Crippen LogP contribution >= 0.6 is 23.4 Å². The third-order valence-corrected chi connectivity index (χ3v) is 4.02. The third kappa shape index (κ3) is 7.17. The molecular formula is C15H22ClNO2S. The molecule has 0 spiro atoms. The van der Waals surface area contributed by atoms with Crippen molar-refractivity contribution in [3.63, 3.8) is 0 Å². The fraction of sp³-hybridized carbons (Fsp3) is 0.533. The van der Waals surface area contributed by atoms with Crippen molar-refractivity contribution >= 4 is 29.3 Å². The normalized spacial score (nSPS) is 11.4. The molecule has 0 aromatic heterocycles. The Labute approximate surface area is 130 Å². The molecule has 1 N–H and O–H groups in total. The Morgan fingerprint density at radius 3 is 2.50 bits per heavy atom. The molecule has 0 saturated carbocycles. The molecule has 3 nitrogen and oxygen atoms in total. The highest BCUT2D eigenvalue weighted by molar-refractivity contribution is 7.99. The molecule has 1 aromatic rings. The first-order valence-corrected chi connectivity index (χ1v) is 7.99. The second-order valence-corrected chi connectivity index (χ2v) is 7.07. The van der Waals surface area contributed by atoms with E-state index in [2.05, 4.69) is 0 Å². The zero-order valence-electron chi connectivity index (χ0n) is 12.2. The van der Waals surface area contributed by atoms with Gasteiger partial charge < -0.3 is 10.0 Å². The van der Waals surface area contributed by atoms with Crippen LogP contribution < -0.4 is 0 Å². The number of amides is 1. The number of nitrogens with zero attached hydrogens (tertiary/aromatic N) is 1. The predicted molar refractivity (Wildman–Crippen MR) is 85.3 cm³/mol. The maximum atomic E-state index is 11.9. The van der Waals surface area contributed by atoms with E-state index in [1.807, 2.05) is 24.3 Å². The molecule has 1 aromatic carbocycles. The van der Waals surface area contributed by atoms with Crippen molar-refractivity contribution in [2.75, 3.05) is 19.3 Å². The van der Waals surface area contributed by atoms with E-state index in [4.69, 9.17) is 11.6 Å². The molecule has 5 heteroatoms. The first-order valence-electron chi connectivity index (χ1n) is 6.63. The molecule has 20 heavy (non-hydrogen) atoms. The summed E-state index contributed by atoms with van der Waals surface area (Å²) in [5, 5.41) is 10.4. The number of hydrogen-bond donors (Lipinski definition) is 1. The summed E-state index contributed by atoms with van der Waals surface area (Å²) in [4.78, 5) is 14.6. The number of rotatable bonds is 7. The number of halogens is 1. The van der Waals surface area contributed by atoms with Gasteiger partial charge in [-0.2, -0.15) is 0 Å². The van der Waals surface area contributed by atoms with Crippen LogP contribution in [-0.4, -0.2) is 40.9 Å². The molecule has 0 radical (unpaired) electrons. The lowest BCUT2D eigenvalue weighted by molar-refractivity contribution is -0.132. The largest absolute Gasteiger partial charge is 0.389 e. The Morgan fingerprint density at radius 2 is 1.95 bits per heavy atom. The SMILES string of the molecule is CN(CC(C)(C)O)C(=O)CCCSc1ccc(Cl)cc1. The van der Waals surface area contributed by atoms with Crippen LogP contribution in [0.15, 0.2) is 29.2 Å². The quantitative estimate of drug-likeness (QED) is 0.619. The number of benzene rings is 1. The van der Waals surface area contributed by atoms with Crippen LogP contribution in [0.1, 0.15) is 26.7 Å². The van der Waals surface area contributed by atoms with Crippen LogP contribution in [-0.2, 0) is 4.79 Å². The number of likely N-dealkylation sites (N-methyl/N-ethyl adjacent to an activating group) is 1. The number of hydrogen-bond acceptors (Lipinski definition) is 3. The van der Waals surface area contributed by atoms with Gasteiger partial charge in [-0.25, -0.2) is 0 Å². The second kappa shape index (κ2) is 7.91. The molecule has 0 atom stereocenters. The van der Waals surface area contributed by atoms with Crippen LogP contribution in [0, 0.1) is 0 Å². The molecule has 0 fully saturated rings. The number of carbonyl (C=O) groups excluding carboxylic acids is 1. The topological polar surface area (TPSA) is 40.5 Å². The number of aliphatic hydroxyl groups is 1. The fourth-order valence-electron chi connectivity index (χ4n) is 1.80. The highest BCUT2D eigenvalue weighted by Crippen LogP contribution is 2.21. The van der Waals surface area contributed by atoms with Crippen LogP contribution in [0.5, 0.6) is 0 Å². The van der Waals surface area contributed by atoms with E-state index < -0.39 is 5.60 Å². The first kappa shape index (κ1) is 17.3. The van der Waals surface area contributed by atoms with Gasteiger partial charge >= 0.3 is 0 Å². The maximum Gasteiger partial charge on any atom is 0.222 e. The summed E-state index contributed by atoms with van der Waals surface area (Å²) < 4.78 is 0. The molecule has 0 aliphatic carbocycles. The van der Waals surface area contributed by atoms with E-state index in [0.717, 1.165) is 22.1 Å². The zero-order valence-corrected chi connectivity index (χ0v) is 13.8. The summed E-state index contributed by atoms with van der Waals surface area (Å²) in [6.45, 7) is 3.76. The van der Waals surface area contributed by atoms with Crippen LogP contribution in [0.4, 0.5) is 0 Å². The molecule has 1 rings (SSSR count). The zero-order chi connectivity index (χ0) is 15.2. The molecule has 0 unspecified atom stereocenters. The first-order chi connectivity index (χ1) is 9.28. The average molecular weight is 316 g/mol. The molecule has 0 aliphatic rings. The fourth-order valence-corrected chi connectivity index (χ4v) is 2.78. The van der Waals surface area contributed by atoms with Gasteiger partial charge in [0.25, 0.3) is 0 Å². The van der Waals surface area contributed by atoms with Crippen molar-refractivity contribution in [1.82, 2.24) is 4.90 Å². The molecule has 0 saturated heterocycles. The predicted octanol–water partition coefficient (Wildman–Crippen LogP) is 3.44. The van der Waals surface area contributed by atoms with E-state index in [-0.39, 0.29) is 5.91 Å². The monoisotopic (exact) mass is 315 g/mol. The van der Waals surface area contributed by atoms with Gasteiger partial charge in [-0.1, -0.05) is 11.6 Å². The second-order valence-electron chi connectivity index (χ2n) is 5.47. The van der Waals surface area contributed by atoms with Gasteiger partial charge in [-0.05, 0) is 50.3 Å². The van der Waals surface area contributed by atoms with E-state index in [9.17, 15) is 9.90 Å². The Hall–Kier alpha value is -0.710. The van der Waals surface area contributed by atoms with Crippen molar-refractivity contribution in [1.29, 1.82) is 0 Å².